The second-order valence-corrected chi connectivity index (χ2v) is 14.2. The minimum absolute atomic E-state index is 0.234. The predicted octanol–water partition coefficient (Wildman–Crippen LogP) is 6.13. The van der Waals surface area contributed by atoms with Gasteiger partial charge in [-0.05, 0) is 51.4 Å². The molecule has 294 valence electrons. The number of amides is 1. The number of aliphatic hydroxyl groups is 6. The number of rotatable bonds is 32. The monoisotopic (exact) mass is 714 g/mol. The van der Waals surface area contributed by atoms with Crippen molar-refractivity contribution < 1.29 is 44.9 Å². The van der Waals surface area contributed by atoms with Gasteiger partial charge in [0.2, 0.25) is 5.91 Å². The summed E-state index contributed by atoms with van der Waals surface area (Å²) in [6.07, 6.45) is 23.9. The average molecular weight is 714 g/mol. The lowest BCUT2D eigenvalue weighted by Crippen LogP contribution is -2.60. The quantitative estimate of drug-likeness (QED) is 0.0320. The van der Waals surface area contributed by atoms with Gasteiger partial charge in [0.15, 0.2) is 6.29 Å². The minimum Gasteiger partial charge on any atom is -0.394 e. The van der Waals surface area contributed by atoms with Crippen LogP contribution in [0.25, 0.3) is 0 Å². The van der Waals surface area contributed by atoms with Crippen molar-refractivity contribution in [3.63, 3.8) is 0 Å². The number of unbranched alkanes of at least 4 members (excludes halogenated alkanes) is 18. The molecule has 0 aromatic carbocycles. The van der Waals surface area contributed by atoms with Gasteiger partial charge in [-0.25, -0.2) is 0 Å². The van der Waals surface area contributed by atoms with Crippen molar-refractivity contribution in [2.45, 2.75) is 210 Å². The Balaban J connectivity index is 2.52. The molecule has 8 atom stereocenters. The Morgan fingerprint density at radius 2 is 1.16 bits per heavy atom. The average Bonchev–Trinajstić information content (AvgIpc) is 3.11. The summed E-state index contributed by atoms with van der Waals surface area (Å²) in [6, 6.07) is -0.944. The Kier molecular flexibility index (Phi) is 29.1. The summed E-state index contributed by atoms with van der Waals surface area (Å²) in [5, 5.41) is 64.4. The van der Waals surface area contributed by atoms with E-state index in [2.05, 4.69) is 31.3 Å². The maximum atomic E-state index is 13.0. The molecule has 1 amide bonds. The van der Waals surface area contributed by atoms with Crippen molar-refractivity contribution in [3.8, 4) is 0 Å². The van der Waals surface area contributed by atoms with Crippen molar-refractivity contribution >= 4 is 5.91 Å². The van der Waals surface area contributed by atoms with Crippen LogP contribution in [0.2, 0.25) is 0 Å². The van der Waals surface area contributed by atoms with E-state index in [0.717, 1.165) is 64.2 Å². The van der Waals surface area contributed by atoms with Crippen molar-refractivity contribution in [1.29, 1.82) is 0 Å². The Morgan fingerprint density at radius 3 is 1.72 bits per heavy atom. The Morgan fingerprint density at radius 1 is 0.680 bits per heavy atom. The van der Waals surface area contributed by atoms with Gasteiger partial charge in [-0.2, -0.15) is 0 Å². The van der Waals surface area contributed by atoms with Crippen molar-refractivity contribution in [1.82, 2.24) is 5.32 Å². The second-order valence-electron chi connectivity index (χ2n) is 14.2. The molecule has 0 aromatic rings. The van der Waals surface area contributed by atoms with Crippen molar-refractivity contribution in [2.75, 3.05) is 13.2 Å². The van der Waals surface area contributed by atoms with Crippen LogP contribution in [-0.2, 0) is 14.3 Å². The summed E-state index contributed by atoms with van der Waals surface area (Å²) in [4.78, 5) is 13.0. The molecule has 0 aromatic heterocycles. The third kappa shape index (κ3) is 21.9. The van der Waals surface area contributed by atoms with E-state index in [0.29, 0.717) is 6.42 Å². The number of allylic oxidation sites excluding steroid dienone is 3. The van der Waals surface area contributed by atoms with Crippen LogP contribution in [0.3, 0.4) is 0 Å². The number of nitrogens with one attached hydrogen (secondary N) is 1. The molecule has 1 heterocycles. The van der Waals surface area contributed by atoms with Crippen LogP contribution in [-0.4, -0.2) is 98.7 Å². The molecule has 10 nitrogen and oxygen atoms in total. The molecule has 10 heteroatoms. The number of carbonyl (C=O) groups is 1. The fraction of sp³-hybridized carbons (Fsp3) is 0.875. The smallest absolute Gasteiger partial charge is 0.249 e. The van der Waals surface area contributed by atoms with E-state index >= 15 is 0 Å². The first-order valence-corrected chi connectivity index (χ1v) is 20.1. The topological polar surface area (TPSA) is 169 Å². The molecule has 0 saturated carbocycles. The van der Waals surface area contributed by atoms with Crippen LogP contribution in [0.15, 0.2) is 24.3 Å². The molecular weight excluding hydrogens is 638 g/mol. The van der Waals surface area contributed by atoms with Crippen LogP contribution >= 0.6 is 0 Å². The van der Waals surface area contributed by atoms with Gasteiger partial charge in [0, 0.05) is 0 Å². The van der Waals surface area contributed by atoms with E-state index < -0.39 is 61.5 Å². The number of ether oxygens (including phenoxy) is 2. The molecule has 0 bridgehead atoms. The minimum atomic E-state index is -1.61. The van der Waals surface area contributed by atoms with Gasteiger partial charge in [-0.1, -0.05) is 134 Å². The molecule has 1 rings (SSSR count). The first-order valence-electron chi connectivity index (χ1n) is 20.1. The lowest BCUT2D eigenvalue weighted by molar-refractivity contribution is -0.302. The van der Waals surface area contributed by atoms with Crippen LogP contribution in [0.1, 0.15) is 162 Å². The molecule has 0 radical (unpaired) electrons. The summed E-state index contributed by atoms with van der Waals surface area (Å²) in [6.45, 7) is 3.56. The molecule has 8 unspecified atom stereocenters. The number of hydrogen-bond donors (Lipinski definition) is 7. The molecule has 7 N–H and O–H groups in total. The maximum absolute atomic E-state index is 13.0. The molecule has 50 heavy (non-hydrogen) atoms. The largest absolute Gasteiger partial charge is 0.394 e. The van der Waals surface area contributed by atoms with E-state index in [1.165, 1.54) is 70.6 Å². The molecule has 1 aliphatic heterocycles. The normalized spacial score (nSPS) is 23.1. The fourth-order valence-electron chi connectivity index (χ4n) is 6.21. The lowest BCUT2D eigenvalue weighted by atomic mass is 9.99. The maximum Gasteiger partial charge on any atom is 0.249 e. The van der Waals surface area contributed by atoms with Gasteiger partial charge < -0.3 is 45.4 Å². The third-order valence-electron chi connectivity index (χ3n) is 9.64. The fourth-order valence-corrected chi connectivity index (χ4v) is 6.21. The summed E-state index contributed by atoms with van der Waals surface area (Å²) >= 11 is 0. The first kappa shape index (κ1) is 46.7. The summed E-state index contributed by atoms with van der Waals surface area (Å²) in [5.41, 5.74) is 0. The molecule has 1 fully saturated rings. The van der Waals surface area contributed by atoms with Gasteiger partial charge in [-0.3, -0.25) is 4.79 Å². The zero-order valence-electron chi connectivity index (χ0n) is 31.5. The van der Waals surface area contributed by atoms with Gasteiger partial charge in [0.25, 0.3) is 0 Å². The highest BCUT2D eigenvalue weighted by atomic mass is 16.7. The van der Waals surface area contributed by atoms with E-state index in [1.54, 1.807) is 0 Å². The number of carbonyl (C=O) groups excluding carboxylic acids is 1. The molecular formula is C40H75NO9. The summed E-state index contributed by atoms with van der Waals surface area (Å²) < 4.78 is 11.1. The molecule has 0 spiro atoms. The van der Waals surface area contributed by atoms with Gasteiger partial charge in [0.1, 0.15) is 30.5 Å². The van der Waals surface area contributed by atoms with E-state index in [9.17, 15) is 35.4 Å². The zero-order valence-corrected chi connectivity index (χ0v) is 31.5. The molecule has 1 saturated heterocycles. The highest BCUT2D eigenvalue weighted by Gasteiger charge is 2.44. The van der Waals surface area contributed by atoms with E-state index in [4.69, 9.17) is 9.47 Å². The highest BCUT2D eigenvalue weighted by molar-refractivity contribution is 5.80. The Hall–Kier alpha value is -1.37. The lowest BCUT2D eigenvalue weighted by Gasteiger charge is -2.40. The Bertz CT molecular complexity index is 855. The number of hydrogen-bond acceptors (Lipinski definition) is 9. The van der Waals surface area contributed by atoms with Gasteiger partial charge in [-0.15, -0.1) is 0 Å². The first-order chi connectivity index (χ1) is 24.3. The summed E-state index contributed by atoms with van der Waals surface area (Å²) in [5.74, 6) is -0.613. The SMILES string of the molecule is CCCCCC=CCCCCCC=CCC(O)C(COC1OC(CO)C(O)C(O)C1O)NC(=O)C(O)CCCCCCCCCCCCCC. The second kappa shape index (κ2) is 31.2. The van der Waals surface area contributed by atoms with Gasteiger partial charge >= 0.3 is 0 Å². The Labute approximate surface area is 303 Å². The number of aliphatic hydroxyl groups excluding tert-OH is 6. The van der Waals surface area contributed by atoms with E-state index in [1.807, 2.05) is 12.2 Å². The zero-order chi connectivity index (χ0) is 36.8. The third-order valence-corrected chi connectivity index (χ3v) is 9.64. The van der Waals surface area contributed by atoms with Crippen molar-refractivity contribution in [3.05, 3.63) is 24.3 Å². The molecule has 1 aliphatic rings. The predicted molar refractivity (Wildman–Crippen MR) is 199 cm³/mol. The van der Waals surface area contributed by atoms with Gasteiger partial charge in [0.05, 0.1) is 25.4 Å². The summed E-state index contributed by atoms with van der Waals surface area (Å²) in [7, 11) is 0. The highest BCUT2D eigenvalue weighted by Crippen LogP contribution is 2.22. The van der Waals surface area contributed by atoms with Crippen LogP contribution in [0.5, 0.6) is 0 Å². The van der Waals surface area contributed by atoms with Crippen LogP contribution < -0.4 is 5.32 Å². The molecule has 0 aliphatic carbocycles. The van der Waals surface area contributed by atoms with E-state index in [-0.39, 0.29) is 13.0 Å². The van der Waals surface area contributed by atoms with Crippen LogP contribution in [0, 0.1) is 0 Å². The standard InChI is InChI=1S/C40H75NO9/c1-3-5-7-9-11-13-15-17-19-20-22-24-26-28-33(43)32(31-49-40-38(47)37(46)36(45)35(30-42)50-40)41-39(48)34(44)29-27-25-23-21-18-16-14-12-10-8-6-4-2/h11,13,24,26,32-38,40,42-47H,3-10,12,14-23,25,27-31H2,1-2H3,(H,41,48). The van der Waals surface area contributed by atoms with Crippen LogP contribution in [0.4, 0.5) is 0 Å². The van der Waals surface area contributed by atoms with Crippen molar-refractivity contribution in [2.24, 2.45) is 0 Å².